The first-order valence-electron chi connectivity index (χ1n) is 5.99. The standard InChI is InChI=1S/C13H7F5N2O3S/c14-8-7(9(15)11(17)12(18)10(8)16)13(21)20-5-2-1-3-6(4-5)24(19,22)23/h1-4H,(H,20,21)(H2,19,22,23). The summed E-state index contributed by atoms with van der Waals surface area (Å²) in [5.74, 6) is -13.3. The number of carbonyl (C=O) groups is 1. The summed E-state index contributed by atoms with van der Waals surface area (Å²) in [6.07, 6.45) is 0. The predicted molar refractivity (Wildman–Crippen MR) is 72.0 cm³/mol. The van der Waals surface area contributed by atoms with Crippen LogP contribution in [0.5, 0.6) is 0 Å². The first-order valence-corrected chi connectivity index (χ1v) is 7.54. The number of amides is 1. The van der Waals surface area contributed by atoms with Gasteiger partial charge in [0.05, 0.1) is 4.90 Å². The fourth-order valence-corrected chi connectivity index (χ4v) is 2.31. The van der Waals surface area contributed by atoms with Crippen LogP contribution in [-0.4, -0.2) is 14.3 Å². The van der Waals surface area contributed by atoms with Crippen molar-refractivity contribution in [3.63, 3.8) is 0 Å². The van der Waals surface area contributed by atoms with Crippen LogP contribution in [0.15, 0.2) is 29.2 Å². The van der Waals surface area contributed by atoms with Crippen LogP contribution in [0.2, 0.25) is 0 Å². The summed E-state index contributed by atoms with van der Waals surface area (Å²) >= 11 is 0. The number of rotatable bonds is 3. The Labute approximate surface area is 131 Å². The quantitative estimate of drug-likeness (QED) is 0.496. The lowest BCUT2D eigenvalue weighted by molar-refractivity contribution is 0.101. The smallest absolute Gasteiger partial charge is 0.261 e. The molecule has 0 bridgehead atoms. The summed E-state index contributed by atoms with van der Waals surface area (Å²) in [7, 11) is -4.13. The number of carbonyl (C=O) groups excluding carboxylic acids is 1. The average Bonchev–Trinajstić information content (AvgIpc) is 2.50. The number of sulfonamides is 1. The number of benzene rings is 2. The molecule has 11 heteroatoms. The highest BCUT2D eigenvalue weighted by Gasteiger charge is 2.29. The molecule has 0 saturated heterocycles. The molecule has 0 saturated carbocycles. The van der Waals surface area contributed by atoms with Crippen LogP contribution in [0, 0.1) is 29.1 Å². The van der Waals surface area contributed by atoms with Crippen molar-refractivity contribution in [1.29, 1.82) is 0 Å². The average molecular weight is 366 g/mol. The van der Waals surface area contributed by atoms with Crippen LogP contribution < -0.4 is 10.5 Å². The molecule has 2 rings (SSSR count). The molecule has 1 amide bonds. The van der Waals surface area contributed by atoms with Crippen LogP contribution in [0.25, 0.3) is 0 Å². The Morgan fingerprint density at radius 1 is 0.917 bits per heavy atom. The van der Waals surface area contributed by atoms with E-state index < -0.39 is 55.5 Å². The number of primary sulfonamides is 1. The van der Waals surface area contributed by atoms with E-state index in [9.17, 15) is 35.2 Å². The Bertz CT molecular complexity index is 918. The lowest BCUT2D eigenvalue weighted by Crippen LogP contribution is -2.19. The van der Waals surface area contributed by atoms with E-state index in [1.807, 2.05) is 5.32 Å². The van der Waals surface area contributed by atoms with Crippen molar-refractivity contribution in [2.75, 3.05) is 5.32 Å². The van der Waals surface area contributed by atoms with Gasteiger partial charge in [-0.2, -0.15) is 0 Å². The number of hydrogen-bond acceptors (Lipinski definition) is 3. The van der Waals surface area contributed by atoms with Gasteiger partial charge in [-0.05, 0) is 18.2 Å². The van der Waals surface area contributed by atoms with Gasteiger partial charge in [0.15, 0.2) is 23.3 Å². The van der Waals surface area contributed by atoms with E-state index in [-0.39, 0.29) is 5.69 Å². The molecule has 0 aliphatic rings. The summed E-state index contributed by atoms with van der Waals surface area (Å²) < 4.78 is 88.5. The Morgan fingerprint density at radius 3 is 1.92 bits per heavy atom. The van der Waals surface area contributed by atoms with Crippen LogP contribution in [0.1, 0.15) is 10.4 Å². The van der Waals surface area contributed by atoms with Crippen molar-refractivity contribution in [3.8, 4) is 0 Å². The van der Waals surface area contributed by atoms with Gasteiger partial charge in [-0.3, -0.25) is 4.79 Å². The van der Waals surface area contributed by atoms with E-state index in [0.29, 0.717) is 0 Å². The summed E-state index contributed by atoms with van der Waals surface area (Å²) in [6, 6.07) is 4.19. The molecule has 128 valence electrons. The summed E-state index contributed by atoms with van der Waals surface area (Å²) in [6.45, 7) is 0. The molecule has 2 aromatic carbocycles. The lowest BCUT2D eigenvalue weighted by Gasteiger charge is -2.10. The molecule has 24 heavy (non-hydrogen) atoms. The van der Waals surface area contributed by atoms with E-state index in [0.717, 1.165) is 24.3 Å². The minimum absolute atomic E-state index is 0.282. The molecular formula is C13H7F5N2O3S. The molecule has 5 nitrogen and oxygen atoms in total. The Balaban J connectivity index is 2.46. The SMILES string of the molecule is NS(=O)(=O)c1cccc(NC(=O)c2c(F)c(F)c(F)c(F)c2F)c1. The van der Waals surface area contributed by atoms with Crippen molar-refractivity contribution in [1.82, 2.24) is 0 Å². The topological polar surface area (TPSA) is 89.3 Å². The maximum absolute atomic E-state index is 13.5. The molecular weight excluding hydrogens is 359 g/mol. The van der Waals surface area contributed by atoms with E-state index in [4.69, 9.17) is 5.14 Å². The van der Waals surface area contributed by atoms with Crippen LogP contribution in [0.4, 0.5) is 27.6 Å². The van der Waals surface area contributed by atoms with Gasteiger partial charge in [-0.15, -0.1) is 0 Å². The van der Waals surface area contributed by atoms with Gasteiger partial charge in [0.1, 0.15) is 5.56 Å². The lowest BCUT2D eigenvalue weighted by atomic mass is 10.1. The molecule has 0 unspecified atom stereocenters. The van der Waals surface area contributed by atoms with Crippen molar-refractivity contribution in [2.24, 2.45) is 5.14 Å². The van der Waals surface area contributed by atoms with Gasteiger partial charge in [-0.1, -0.05) is 6.07 Å². The third-order valence-corrected chi connectivity index (χ3v) is 3.77. The minimum atomic E-state index is -4.13. The van der Waals surface area contributed by atoms with E-state index in [2.05, 4.69) is 0 Å². The fraction of sp³-hybridized carbons (Fsp3) is 0. The monoisotopic (exact) mass is 366 g/mol. The van der Waals surface area contributed by atoms with Gasteiger partial charge >= 0.3 is 0 Å². The van der Waals surface area contributed by atoms with Crippen LogP contribution in [0.3, 0.4) is 0 Å². The molecule has 0 fully saturated rings. The summed E-state index contributed by atoms with van der Waals surface area (Å²) in [5, 5.41) is 6.70. The second-order valence-corrected chi connectivity index (χ2v) is 6.03. The Hall–Kier alpha value is -2.53. The normalized spacial score (nSPS) is 11.4. The Morgan fingerprint density at radius 2 is 1.42 bits per heavy atom. The number of nitrogens with two attached hydrogens (primary N) is 1. The first kappa shape index (κ1) is 17.8. The molecule has 0 spiro atoms. The molecule has 0 aromatic heterocycles. The Kier molecular flexibility index (Phi) is 4.58. The number of anilines is 1. The van der Waals surface area contributed by atoms with Gasteiger partial charge < -0.3 is 5.32 Å². The van der Waals surface area contributed by atoms with E-state index in [1.165, 1.54) is 0 Å². The number of halogens is 5. The number of nitrogens with one attached hydrogen (secondary N) is 1. The zero-order valence-corrected chi connectivity index (χ0v) is 12.2. The van der Waals surface area contributed by atoms with Crippen molar-refractivity contribution < 1.29 is 35.2 Å². The maximum Gasteiger partial charge on any atom is 0.261 e. The maximum atomic E-state index is 13.5. The zero-order chi connectivity index (χ0) is 18.2. The second-order valence-electron chi connectivity index (χ2n) is 4.47. The van der Waals surface area contributed by atoms with Crippen molar-refractivity contribution in [3.05, 3.63) is 58.9 Å². The van der Waals surface area contributed by atoms with Crippen LogP contribution in [-0.2, 0) is 10.0 Å². The zero-order valence-electron chi connectivity index (χ0n) is 11.4. The van der Waals surface area contributed by atoms with E-state index in [1.54, 1.807) is 0 Å². The number of hydrogen-bond donors (Lipinski definition) is 2. The highest BCUT2D eigenvalue weighted by atomic mass is 32.2. The molecule has 0 heterocycles. The minimum Gasteiger partial charge on any atom is -0.322 e. The van der Waals surface area contributed by atoms with Crippen molar-refractivity contribution in [2.45, 2.75) is 4.90 Å². The van der Waals surface area contributed by atoms with Gasteiger partial charge in [-0.25, -0.2) is 35.5 Å². The summed E-state index contributed by atoms with van der Waals surface area (Å²) in [5.41, 5.74) is -1.98. The molecule has 0 radical (unpaired) electrons. The largest absolute Gasteiger partial charge is 0.322 e. The fourth-order valence-electron chi connectivity index (χ4n) is 1.75. The van der Waals surface area contributed by atoms with E-state index >= 15 is 0 Å². The van der Waals surface area contributed by atoms with Crippen LogP contribution >= 0.6 is 0 Å². The highest BCUT2D eigenvalue weighted by molar-refractivity contribution is 7.89. The molecule has 2 aromatic rings. The third kappa shape index (κ3) is 3.21. The third-order valence-electron chi connectivity index (χ3n) is 2.86. The molecule has 0 atom stereocenters. The second kappa shape index (κ2) is 6.17. The summed E-state index contributed by atoms with van der Waals surface area (Å²) in [4.78, 5) is 11.4. The van der Waals surface area contributed by atoms with Gasteiger partial charge in [0.25, 0.3) is 5.91 Å². The highest BCUT2D eigenvalue weighted by Crippen LogP contribution is 2.24. The molecule has 0 aliphatic carbocycles. The van der Waals surface area contributed by atoms with Crippen molar-refractivity contribution >= 4 is 21.6 Å². The molecule has 0 aliphatic heterocycles. The first-order chi connectivity index (χ1) is 11.0. The predicted octanol–water partition coefficient (Wildman–Crippen LogP) is 2.28. The van der Waals surface area contributed by atoms with Gasteiger partial charge in [0.2, 0.25) is 15.8 Å². The van der Waals surface area contributed by atoms with Gasteiger partial charge in [0, 0.05) is 5.69 Å². The molecule has 3 N–H and O–H groups in total.